The summed E-state index contributed by atoms with van der Waals surface area (Å²) >= 11 is 0. The molecule has 3 unspecified atom stereocenters. The van der Waals surface area contributed by atoms with Crippen molar-refractivity contribution in [3.63, 3.8) is 0 Å². The van der Waals surface area contributed by atoms with Crippen molar-refractivity contribution in [2.45, 2.75) is 62.7 Å². The van der Waals surface area contributed by atoms with Crippen LogP contribution in [0.15, 0.2) is 30.3 Å². The van der Waals surface area contributed by atoms with Crippen LogP contribution >= 0.6 is 0 Å². The van der Waals surface area contributed by atoms with Crippen LogP contribution in [0.25, 0.3) is 0 Å². The van der Waals surface area contributed by atoms with Gasteiger partial charge in [0.2, 0.25) is 5.91 Å². The lowest BCUT2D eigenvalue weighted by atomic mass is 9.82. The fourth-order valence-electron chi connectivity index (χ4n) is 4.00. The fraction of sp³-hybridized carbons (Fsp3) is 0.611. The summed E-state index contributed by atoms with van der Waals surface area (Å²) in [4.78, 5) is 14.9. The van der Waals surface area contributed by atoms with Crippen molar-refractivity contribution in [2.75, 3.05) is 7.05 Å². The highest BCUT2D eigenvalue weighted by molar-refractivity contribution is 5.82. The molecule has 2 heterocycles. The second-order valence-corrected chi connectivity index (χ2v) is 6.88. The van der Waals surface area contributed by atoms with Crippen LogP contribution in [0.3, 0.4) is 0 Å². The summed E-state index contributed by atoms with van der Waals surface area (Å²) in [5.41, 5.74) is 7.20. The zero-order valence-corrected chi connectivity index (χ0v) is 13.4. The molecule has 0 aliphatic carbocycles. The Bertz CT molecular complexity index is 490. The van der Waals surface area contributed by atoms with Gasteiger partial charge < -0.3 is 16.0 Å². The van der Waals surface area contributed by atoms with E-state index in [0.717, 1.165) is 18.4 Å². The first-order valence-corrected chi connectivity index (χ1v) is 8.45. The van der Waals surface area contributed by atoms with E-state index in [9.17, 15) is 4.79 Å². The number of hydrogen-bond acceptors (Lipinski definition) is 3. The molecule has 22 heavy (non-hydrogen) atoms. The van der Waals surface area contributed by atoms with Crippen LogP contribution in [0, 0.1) is 0 Å². The van der Waals surface area contributed by atoms with Gasteiger partial charge in [0.15, 0.2) is 0 Å². The van der Waals surface area contributed by atoms with Crippen LogP contribution in [0.4, 0.5) is 0 Å². The molecule has 1 amide bonds. The highest BCUT2D eigenvalue weighted by Crippen LogP contribution is 2.32. The number of amides is 1. The maximum atomic E-state index is 12.4. The second kappa shape index (κ2) is 6.80. The summed E-state index contributed by atoms with van der Waals surface area (Å²) in [5.74, 6) is -0.00326. The van der Waals surface area contributed by atoms with Crippen molar-refractivity contribution >= 4 is 5.91 Å². The molecule has 2 aliphatic heterocycles. The highest BCUT2D eigenvalue weighted by atomic mass is 16.2. The Hall–Kier alpha value is -1.39. The van der Waals surface area contributed by atoms with Gasteiger partial charge >= 0.3 is 0 Å². The van der Waals surface area contributed by atoms with E-state index < -0.39 is 6.04 Å². The standard InChI is InChI=1S/C18H27N3O/c1-21-15-8-5-9-16(21)12-14(11-15)20-18(22)17(19)10-13-6-3-2-4-7-13/h2-4,6-7,14-17H,5,8-12,19H2,1H3,(H,20,22). The summed E-state index contributed by atoms with van der Waals surface area (Å²) in [5, 5.41) is 3.20. The predicted octanol–water partition coefficient (Wildman–Crippen LogP) is 1.69. The summed E-state index contributed by atoms with van der Waals surface area (Å²) in [7, 11) is 2.23. The molecular formula is C18H27N3O. The molecular weight excluding hydrogens is 274 g/mol. The normalized spacial score (nSPS) is 29.8. The molecule has 0 radical (unpaired) electrons. The van der Waals surface area contributed by atoms with Crippen molar-refractivity contribution < 1.29 is 4.79 Å². The Morgan fingerprint density at radius 3 is 2.55 bits per heavy atom. The Balaban J connectivity index is 1.53. The molecule has 1 aromatic rings. The zero-order chi connectivity index (χ0) is 15.5. The number of carbonyl (C=O) groups excluding carboxylic acids is 1. The lowest BCUT2D eigenvalue weighted by Crippen LogP contribution is -2.57. The third-order valence-electron chi connectivity index (χ3n) is 5.32. The third-order valence-corrected chi connectivity index (χ3v) is 5.32. The SMILES string of the molecule is CN1C2CCCC1CC(NC(=O)C(N)Cc1ccccc1)C2. The number of nitrogens with zero attached hydrogens (tertiary/aromatic N) is 1. The first kappa shape index (κ1) is 15.5. The van der Waals surface area contributed by atoms with E-state index in [1.807, 2.05) is 30.3 Å². The van der Waals surface area contributed by atoms with Gasteiger partial charge in [0.1, 0.15) is 0 Å². The molecule has 3 N–H and O–H groups in total. The topological polar surface area (TPSA) is 58.4 Å². The van der Waals surface area contributed by atoms with E-state index >= 15 is 0 Å². The van der Waals surface area contributed by atoms with Crippen LogP contribution in [0.1, 0.15) is 37.7 Å². The van der Waals surface area contributed by atoms with Gasteiger partial charge in [0.05, 0.1) is 6.04 Å². The summed E-state index contributed by atoms with van der Waals surface area (Å²) in [6, 6.07) is 11.1. The van der Waals surface area contributed by atoms with Gasteiger partial charge in [-0.1, -0.05) is 36.8 Å². The first-order chi connectivity index (χ1) is 10.6. The van der Waals surface area contributed by atoms with Crippen LogP contribution in [-0.4, -0.2) is 42.0 Å². The quantitative estimate of drug-likeness (QED) is 0.890. The molecule has 4 heteroatoms. The van der Waals surface area contributed by atoms with E-state index in [1.54, 1.807) is 0 Å². The molecule has 4 nitrogen and oxygen atoms in total. The highest BCUT2D eigenvalue weighted by Gasteiger charge is 2.36. The minimum Gasteiger partial charge on any atom is -0.352 e. The fourth-order valence-corrected chi connectivity index (χ4v) is 4.00. The minimum atomic E-state index is -0.457. The van der Waals surface area contributed by atoms with Crippen LogP contribution < -0.4 is 11.1 Å². The number of carbonyl (C=O) groups is 1. The van der Waals surface area contributed by atoms with Gasteiger partial charge in [-0.05, 0) is 44.7 Å². The van der Waals surface area contributed by atoms with E-state index in [4.69, 9.17) is 5.73 Å². The smallest absolute Gasteiger partial charge is 0.237 e. The van der Waals surface area contributed by atoms with Crippen LogP contribution in [0.5, 0.6) is 0 Å². The molecule has 0 spiro atoms. The molecule has 2 fully saturated rings. The van der Waals surface area contributed by atoms with Crippen molar-refractivity contribution in [1.29, 1.82) is 0 Å². The number of fused-ring (bicyclic) bond motifs is 2. The number of nitrogens with two attached hydrogens (primary N) is 1. The Morgan fingerprint density at radius 2 is 1.91 bits per heavy atom. The number of piperidine rings is 2. The molecule has 3 atom stereocenters. The molecule has 120 valence electrons. The Morgan fingerprint density at radius 1 is 1.27 bits per heavy atom. The van der Waals surface area contributed by atoms with Gasteiger partial charge in [-0.2, -0.15) is 0 Å². The van der Waals surface area contributed by atoms with Gasteiger partial charge in [0, 0.05) is 18.1 Å². The number of rotatable bonds is 4. The van der Waals surface area contributed by atoms with Crippen molar-refractivity contribution in [3.05, 3.63) is 35.9 Å². The number of hydrogen-bond donors (Lipinski definition) is 2. The maximum absolute atomic E-state index is 12.4. The number of benzene rings is 1. The first-order valence-electron chi connectivity index (χ1n) is 8.45. The van der Waals surface area contributed by atoms with Crippen molar-refractivity contribution in [1.82, 2.24) is 10.2 Å². The van der Waals surface area contributed by atoms with Crippen molar-refractivity contribution in [2.24, 2.45) is 5.73 Å². The molecule has 0 aromatic heterocycles. The Labute approximate surface area is 133 Å². The monoisotopic (exact) mass is 301 g/mol. The zero-order valence-electron chi connectivity index (χ0n) is 13.4. The predicted molar refractivity (Wildman–Crippen MR) is 88.5 cm³/mol. The number of nitrogens with one attached hydrogen (secondary N) is 1. The van der Waals surface area contributed by atoms with Crippen molar-refractivity contribution in [3.8, 4) is 0 Å². The van der Waals surface area contributed by atoms with E-state index in [-0.39, 0.29) is 5.91 Å². The molecule has 1 aromatic carbocycles. The van der Waals surface area contributed by atoms with Crippen LogP contribution in [0.2, 0.25) is 0 Å². The lowest BCUT2D eigenvalue weighted by molar-refractivity contribution is -0.123. The minimum absolute atomic E-state index is 0.00326. The largest absolute Gasteiger partial charge is 0.352 e. The molecule has 2 bridgehead atoms. The van der Waals surface area contributed by atoms with E-state index in [2.05, 4.69) is 17.3 Å². The Kier molecular flexibility index (Phi) is 4.79. The summed E-state index contributed by atoms with van der Waals surface area (Å²) < 4.78 is 0. The summed E-state index contributed by atoms with van der Waals surface area (Å²) in [6.07, 6.45) is 6.58. The lowest BCUT2D eigenvalue weighted by Gasteiger charge is -2.47. The average Bonchev–Trinajstić information content (AvgIpc) is 2.49. The van der Waals surface area contributed by atoms with E-state index in [0.29, 0.717) is 24.5 Å². The maximum Gasteiger partial charge on any atom is 0.237 e. The van der Waals surface area contributed by atoms with Gasteiger partial charge in [-0.3, -0.25) is 4.79 Å². The average molecular weight is 301 g/mol. The molecule has 0 saturated carbocycles. The third kappa shape index (κ3) is 3.50. The van der Waals surface area contributed by atoms with E-state index in [1.165, 1.54) is 19.3 Å². The second-order valence-electron chi connectivity index (χ2n) is 6.88. The molecule has 2 aliphatic rings. The molecule has 3 rings (SSSR count). The molecule has 2 saturated heterocycles. The van der Waals surface area contributed by atoms with Gasteiger partial charge in [0.25, 0.3) is 0 Å². The summed E-state index contributed by atoms with van der Waals surface area (Å²) in [6.45, 7) is 0. The van der Waals surface area contributed by atoms with Gasteiger partial charge in [-0.15, -0.1) is 0 Å². The van der Waals surface area contributed by atoms with Gasteiger partial charge in [-0.25, -0.2) is 0 Å². The van der Waals surface area contributed by atoms with Crippen LogP contribution in [-0.2, 0) is 11.2 Å².